The van der Waals surface area contributed by atoms with Gasteiger partial charge in [-0.15, -0.1) is 5.10 Å². The Morgan fingerprint density at radius 1 is 1.24 bits per heavy atom. The molecule has 0 aliphatic heterocycles. The minimum absolute atomic E-state index is 0.907. The third kappa shape index (κ3) is 3.28. The summed E-state index contributed by atoms with van der Waals surface area (Å²) >= 11 is 0. The molecular formula is C14H17N3. The van der Waals surface area contributed by atoms with Crippen LogP contribution in [0.2, 0.25) is 0 Å². The maximum Gasteiger partial charge on any atom is 0.105 e. The van der Waals surface area contributed by atoms with Crippen LogP contribution in [0.4, 0.5) is 0 Å². The second-order valence-electron chi connectivity index (χ2n) is 3.97. The van der Waals surface area contributed by atoms with Gasteiger partial charge in [0.25, 0.3) is 0 Å². The van der Waals surface area contributed by atoms with E-state index in [1.54, 1.807) is 4.68 Å². The highest BCUT2D eigenvalue weighted by atomic mass is 15.4. The Labute approximate surface area is 102 Å². The van der Waals surface area contributed by atoms with Crippen molar-refractivity contribution >= 4 is 6.08 Å². The van der Waals surface area contributed by atoms with Crippen molar-refractivity contribution in [3.8, 4) is 5.69 Å². The molecule has 0 bridgehead atoms. The Morgan fingerprint density at radius 2 is 2.06 bits per heavy atom. The largest absolute Gasteiger partial charge is 0.220 e. The lowest BCUT2D eigenvalue weighted by molar-refractivity contribution is 0.802. The smallest absolute Gasteiger partial charge is 0.105 e. The molecule has 0 aliphatic carbocycles. The van der Waals surface area contributed by atoms with E-state index >= 15 is 0 Å². The Kier molecular flexibility index (Phi) is 4.08. The van der Waals surface area contributed by atoms with Crippen LogP contribution in [0.3, 0.4) is 0 Å². The highest BCUT2D eigenvalue weighted by molar-refractivity contribution is 5.43. The second-order valence-corrected chi connectivity index (χ2v) is 3.97. The first-order chi connectivity index (χ1) is 8.40. The Morgan fingerprint density at radius 3 is 2.82 bits per heavy atom. The van der Waals surface area contributed by atoms with E-state index in [0.29, 0.717) is 0 Å². The van der Waals surface area contributed by atoms with Crippen LogP contribution in [0.1, 0.15) is 31.9 Å². The molecule has 0 fully saturated rings. The van der Waals surface area contributed by atoms with Crippen LogP contribution in [0.15, 0.2) is 42.6 Å². The van der Waals surface area contributed by atoms with E-state index < -0.39 is 0 Å². The van der Waals surface area contributed by atoms with Crippen molar-refractivity contribution in [2.45, 2.75) is 26.2 Å². The lowest BCUT2D eigenvalue weighted by Crippen LogP contribution is -1.93. The van der Waals surface area contributed by atoms with Gasteiger partial charge in [-0.1, -0.05) is 49.3 Å². The van der Waals surface area contributed by atoms with Gasteiger partial charge in [-0.3, -0.25) is 0 Å². The highest BCUT2D eigenvalue weighted by Crippen LogP contribution is 2.07. The fourth-order valence-electron chi connectivity index (χ4n) is 1.59. The number of nitrogens with zero attached hydrogens (tertiary/aromatic N) is 3. The molecule has 0 amide bonds. The van der Waals surface area contributed by atoms with Gasteiger partial charge in [0.05, 0.1) is 11.9 Å². The summed E-state index contributed by atoms with van der Waals surface area (Å²) in [5, 5.41) is 8.22. The number of hydrogen-bond acceptors (Lipinski definition) is 2. The zero-order valence-electron chi connectivity index (χ0n) is 10.1. The van der Waals surface area contributed by atoms with Gasteiger partial charge in [0.2, 0.25) is 0 Å². The van der Waals surface area contributed by atoms with Gasteiger partial charge in [0, 0.05) is 0 Å². The van der Waals surface area contributed by atoms with Crippen molar-refractivity contribution in [1.29, 1.82) is 0 Å². The molecule has 0 saturated heterocycles. The average Bonchev–Trinajstić information content (AvgIpc) is 2.85. The first-order valence-corrected chi connectivity index (χ1v) is 6.04. The van der Waals surface area contributed by atoms with Crippen LogP contribution in [0.25, 0.3) is 11.8 Å². The Hall–Kier alpha value is -1.90. The molecule has 1 heterocycles. The summed E-state index contributed by atoms with van der Waals surface area (Å²) in [6, 6.07) is 10.0. The Bertz CT molecular complexity index is 471. The quantitative estimate of drug-likeness (QED) is 0.732. The molecule has 0 unspecified atom stereocenters. The van der Waals surface area contributed by atoms with Crippen molar-refractivity contribution in [2.24, 2.45) is 0 Å². The molecule has 3 heteroatoms. The molecule has 0 radical (unpaired) electrons. The topological polar surface area (TPSA) is 30.7 Å². The van der Waals surface area contributed by atoms with E-state index in [0.717, 1.165) is 17.8 Å². The summed E-state index contributed by atoms with van der Waals surface area (Å²) in [7, 11) is 0. The van der Waals surface area contributed by atoms with Crippen molar-refractivity contribution in [3.05, 3.63) is 48.3 Å². The lowest BCUT2D eigenvalue weighted by atomic mass is 10.2. The minimum Gasteiger partial charge on any atom is -0.220 e. The van der Waals surface area contributed by atoms with Crippen LogP contribution in [-0.2, 0) is 0 Å². The van der Waals surface area contributed by atoms with Crippen LogP contribution >= 0.6 is 0 Å². The molecule has 17 heavy (non-hydrogen) atoms. The number of allylic oxidation sites excluding steroid dienone is 1. The zero-order chi connectivity index (χ0) is 11.9. The first-order valence-electron chi connectivity index (χ1n) is 6.04. The summed E-state index contributed by atoms with van der Waals surface area (Å²) in [4.78, 5) is 0. The second kappa shape index (κ2) is 5.99. The number of hydrogen-bond donors (Lipinski definition) is 0. The van der Waals surface area contributed by atoms with E-state index in [-0.39, 0.29) is 0 Å². The predicted octanol–water partition coefficient (Wildman–Crippen LogP) is 3.47. The molecule has 0 aliphatic rings. The molecule has 3 nitrogen and oxygen atoms in total. The SMILES string of the molecule is CCCC/C=C/c1cn(-c2ccccc2)nn1. The highest BCUT2D eigenvalue weighted by Gasteiger charge is 1.98. The van der Waals surface area contributed by atoms with Gasteiger partial charge in [0.15, 0.2) is 0 Å². The van der Waals surface area contributed by atoms with E-state index in [4.69, 9.17) is 0 Å². The summed E-state index contributed by atoms with van der Waals surface area (Å²) < 4.78 is 1.79. The molecule has 88 valence electrons. The van der Waals surface area contributed by atoms with Crippen molar-refractivity contribution < 1.29 is 0 Å². The van der Waals surface area contributed by atoms with Crippen LogP contribution < -0.4 is 0 Å². The number of aromatic nitrogens is 3. The number of rotatable bonds is 5. The number of benzene rings is 1. The summed E-state index contributed by atoms with van der Waals surface area (Å²) in [5.41, 5.74) is 1.94. The molecule has 0 saturated carbocycles. The standard InChI is InChI=1S/C14H17N3/c1-2-3-4-6-9-13-12-17(16-15-13)14-10-7-5-8-11-14/h5-12H,2-4H2,1H3/b9-6+. The third-order valence-electron chi connectivity index (χ3n) is 2.54. The summed E-state index contributed by atoms with van der Waals surface area (Å²) in [6.45, 7) is 2.19. The third-order valence-corrected chi connectivity index (χ3v) is 2.54. The summed E-state index contributed by atoms with van der Waals surface area (Å²) in [6.07, 6.45) is 9.68. The average molecular weight is 227 g/mol. The fraction of sp³-hybridized carbons (Fsp3) is 0.286. The van der Waals surface area contributed by atoms with E-state index in [1.807, 2.05) is 42.6 Å². The number of unbranched alkanes of at least 4 members (excludes halogenated alkanes) is 2. The lowest BCUT2D eigenvalue weighted by Gasteiger charge is -1.96. The van der Waals surface area contributed by atoms with Gasteiger partial charge < -0.3 is 0 Å². The molecule has 0 atom stereocenters. The maximum atomic E-state index is 4.12. The number of para-hydroxylation sites is 1. The molecule has 1 aromatic heterocycles. The van der Waals surface area contributed by atoms with E-state index in [2.05, 4.69) is 23.3 Å². The van der Waals surface area contributed by atoms with E-state index in [9.17, 15) is 0 Å². The van der Waals surface area contributed by atoms with Gasteiger partial charge in [-0.2, -0.15) is 0 Å². The van der Waals surface area contributed by atoms with Gasteiger partial charge >= 0.3 is 0 Å². The minimum atomic E-state index is 0.907. The molecule has 2 aromatic rings. The van der Waals surface area contributed by atoms with Gasteiger partial charge in [0.1, 0.15) is 5.69 Å². The predicted molar refractivity (Wildman–Crippen MR) is 69.9 cm³/mol. The van der Waals surface area contributed by atoms with Crippen LogP contribution in [0.5, 0.6) is 0 Å². The van der Waals surface area contributed by atoms with Crippen molar-refractivity contribution in [3.63, 3.8) is 0 Å². The van der Waals surface area contributed by atoms with Gasteiger partial charge in [-0.25, -0.2) is 4.68 Å². The zero-order valence-corrected chi connectivity index (χ0v) is 10.1. The summed E-state index contributed by atoms with van der Waals surface area (Å²) in [5.74, 6) is 0. The van der Waals surface area contributed by atoms with Crippen molar-refractivity contribution in [1.82, 2.24) is 15.0 Å². The fourth-order valence-corrected chi connectivity index (χ4v) is 1.59. The van der Waals surface area contributed by atoms with Crippen LogP contribution in [0, 0.1) is 0 Å². The molecule has 2 rings (SSSR count). The van der Waals surface area contributed by atoms with E-state index in [1.165, 1.54) is 12.8 Å². The maximum absolute atomic E-state index is 4.12. The molecule has 0 spiro atoms. The molecular weight excluding hydrogens is 210 g/mol. The monoisotopic (exact) mass is 227 g/mol. The Balaban J connectivity index is 2.04. The van der Waals surface area contributed by atoms with Crippen LogP contribution in [-0.4, -0.2) is 15.0 Å². The molecule has 1 aromatic carbocycles. The normalized spacial score (nSPS) is 11.1. The van der Waals surface area contributed by atoms with Gasteiger partial charge in [-0.05, 0) is 24.6 Å². The first kappa shape index (κ1) is 11.6. The molecule has 0 N–H and O–H groups in total. The van der Waals surface area contributed by atoms with Crippen molar-refractivity contribution in [2.75, 3.05) is 0 Å².